The van der Waals surface area contributed by atoms with Crippen LogP contribution in [-0.2, 0) is 0 Å². The van der Waals surface area contributed by atoms with Crippen LogP contribution in [0.15, 0.2) is 84.9 Å². The van der Waals surface area contributed by atoms with Gasteiger partial charge in [0.15, 0.2) is 11.6 Å². The van der Waals surface area contributed by atoms with Crippen LogP contribution in [0.4, 0.5) is 0 Å². The van der Waals surface area contributed by atoms with Crippen LogP contribution in [0, 0.1) is 0 Å². The number of para-hydroxylation sites is 4. The summed E-state index contributed by atoms with van der Waals surface area (Å²) in [6, 6.07) is 27.7. The van der Waals surface area contributed by atoms with E-state index in [1.54, 1.807) is 0 Å². The molecule has 0 amide bonds. The van der Waals surface area contributed by atoms with E-state index in [9.17, 15) is 0 Å². The first-order chi connectivity index (χ1) is 14.8. The molecule has 0 atom stereocenters. The highest BCUT2D eigenvalue weighted by atomic mass is 15.0. The summed E-state index contributed by atoms with van der Waals surface area (Å²) in [5.41, 5.74) is 6.94. The number of imidazole rings is 2. The van der Waals surface area contributed by atoms with Crippen LogP contribution in [0.3, 0.4) is 0 Å². The minimum atomic E-state index is 0.742. The van der Waals surface area contributed by atoms with Crippen molar-refractivity contribution in [3.8, 4) is 34.4 Å². The summed E-state index contributed by atoms with van der Waals surface area (Å²) in [4.78, 5) is 25.6. The lowest BCUT2D eigenvalue weighted by atomic mass is 10.2. The molecule has 6 nitrogen and oxygen atoms in total. The van der Waals surface area contributed by atoms with E-state index in [1.165, 1.54) is 0 Å². The quantitative estimate of drug-likeness (QED) is 0.435. The maximum atomic E-state index is 4.80. The average molecular weight is 388 g/mol. The van der Waals surface area contributed by atoms with Gasteiger partial charge in [-0.25, -0.2) is 19.9 Å². The van der Waals surface area contributed by atoms with Crippen LogP contribution in [-0.4, -0.2) is 29.9 Å². The van der Waals surface area contributed by atoms with Crippen molar-refractivity contribution in [2.75, 3.05) is 0 Å². The van der Waals surface area contributed by atoms with Gasteiger partial charge < -0.3 is 9.97 Å². The number of hydrogen-bond acceptors (Lipinski definition) is 4. The van der Waals surface area contributed by atoms with Gasteiger partial charge in [-0.2, -0.15) is 0 Å². The summed E-state index contributed by atoms with van der Waals surface area (Å²) >= 11 is 0. The molecule has 142 valence electrons. The molecule has 0 aliphatic carbocycles. The van der Waals surface area contributed by atoms with E-state index in [1.807, 2.05) is 84.9 Å². The molecule has 0 fully saturated rings. The van der Waals surface area contributed by atoms with Gasteiger partial charge in [-0.3, -0.25) is 0 Å². The highest BCUT2D eigenvalue weighted by Crippen LogP contribution is 2.24. The summed E-state index contributed by atoms with van der Waals surface area (Å²) in [6.07, 6.45) is 0. The Morgan fingerprint density at radius 1 is 0.400 bits per heavy atom. The number of hydrogen-bond donors (Lipinski definition) is 2. The fourth-order valence-electron chi connectivity index (χ4n) is 3.57. The molecule has 0 aliphatic heterocycles. The lowest BCUT2D eigenvalue weighted by Crippen LogP contribution is -1.93. The lowest BCUT2D eigenvalue weighted by Gasteiger charge is -2.04. The van der Waals surface area contributed by atoms with E-state index in [4.69, 9.17) is 9.97 Å². The number of H-pyrrole nitrogens is 2. The van der Waals surface area contributed by atoms with Crippen molar-refractivity contribution in [3.05, 3.63) is 84.9 Å². The van der Waals surface area contributed by atoms with Crippen LogP contribution in [0.2, 0.25) is 0 Å². The van der Waals surface area contributed by atoms with Crippen LogP contribution in [0.1, 0.15) is 0 Å². The summed E-state index contributed by atoms with van der Waals surface area (Å²) in [5.74, 6) is 1.48. The molecule has 0 unspecified atom stereocenters. The van der Waals surface area contributed by atoms with Gasteiger partial charge in [0.1, 0.15) is 11.4 Å². The molecule has 2 N–H and O–H groups in total. The van der Waals surface area contributed by atoms with Crippen molar-refractivity contribution < 1.29 is 0 Å². The van der Waals surface area contributed by atoms with E-state index in [0.717, 1.165) is 56.5 Å². The van der Waals surface area contributed by atoms with Gasteiger partial charge in [-0.1, -0.05) is 36.4 Å². The van der Waals surface area contributed by atoms with Gasteiger partial charge in [0.2, 0.25) is 0 Å². The van der Waals surface area contributed by atoms with Crippen molar-refractivity contribution in [1.29, 1.82) is 0 Å². The van der Waals surface area contributed by atoms with Crippen molar-refractivity contribution in [3.63, 3.8) is 0 Å². The number of nitrogens with zero attached hydrogens (tertiary/aromatic N) is 4. The van der Waals surface area contributed by atoms with Crippen molar-refractivity contribution in [2.45, 2.75) is 0 Å². The molecule has 2 aromatic carbocycles. The minimum absolute atomic E-state index is 0.742. The molecular formula is C24H16N6. The Morgan fingerprint density at radius 2 is 0.833 bits per heavy atom. The highest BCUT2D eigenvalue weighted by molar-refractivity contribution is 5.80. The smallest absolute Gasteiger partial charge is 0.157 e. The Labute approximate surface area is 171 Å². The molecule has 6 heteroatoms. The zero-order chi connectivity index (χ0) is 19.9. The number of pyridine rings is 2. The molecule has 0 aliphatic rings. The van der Waals surface area contributed by atoms with Gasteiger partial charge in [0.25, 0.3) is 0 Å². The zero-order valence-corrected chi connectivity index (χ0v) is 15.9. The Bertz CT molecular complexity index is 1330. The Balaban J connectivity index is 1.41. The lowest BCUT2D eigenvalue weighted by molar-refractivity contribution is 1.19. The second-order valence-electron chi connectivity index (χ2n) is 7.02. The van der Waals surface area contributed by atoms with Crippen molar-refractivity contribution >= 4 is 22.1 Å². The number of rotatable bonds is 3. The zero-order valence-electron chi connectivity index (χ0n) is 15.9. The molecule has 30 heavy (non-hydrogen) atoms. The molecular weight excluding hydrogens is 372 g/mol. The minimum Gasteiger partial charge on any atom is -0.337 e. The van der Waals surface area contributed by atoms with Crippen molar-refractivity contribution in [1.82, 2.24) is 29.9 Å². The summed E-state index contributed by atoms with van der Waals surface area (Å²) < 4.78 is 0. The number of benzene rings is 2. The van der Waals surface area contributed by atoms with Crippen molar-refractivity contribution in [2.24, 2.45) is 0 Å². The summed E-state index contributed by atoms with van der Waals surface area (Å²) in [7, 11) is 0. The molecule has 0 radical (unpaired) electrons. The molecule has 4 heterocycles. The first kappa shape index (κ1) is 16.6. The van der Waals surface area contributed by atoms with E-state index < -0.39 is 0 Å². The Hall–Kier alpha value is -4.32. The first-order valence-corrected chi connectivity index (χ1v) is 9.68. The van der Waals surface area contributed by atoms with Gasteiger partial charge in [0.05, 0.1) is 33.5 Å². The molecule has 6 rings (SSSR count). The van der Waals surface area contributed by atoms with Gasteiger partial charge in [0, 0.05) is 0 Å². The second kappa shape index (κ2) is 6.63. The number of nitrogens with one attached hydrogen (secondary N) is 2. The highest BCUT2D eigenvalue weighted by Gasteiger charge is 2.11. The molecule has 0 spiro atoms. The molecule has 6 aromatic rings. The topological polar surface area (TPSA) is 83.1 Å². The molecule has 0 bridgehead atoms. The van der Waals surface area contributed by atoms with Gasteiger partial charge in [-0.05, 0) is 48.5 Å². The molecule has 0 saturated heterocycles. The monoisotopic (exact) mass is 388 g/mol. The van der Waals surface area contributed by atoms with Crippen LogP contribution < -0.4 is 0 Å². The fraction of sp³-hybridized carbons (Fsp3) is 0. The third-order valence-electron chi connectivity index (χ3n) is 5.02. The van der Waals surface area contributed by atoms with Crippen LogP contribution in [0.5, 0.6) is 0 Å². The predicted molar refractivity (Wildman–Crippen MR) is 118 cm³/mol. The number of aromatic nitrogens is 6. The standard InChI is InChI=1S/C24H16N6/c1-2-8-18-17(7-1)27-23(28-18)21-13-5-11-15(25-21)16-12-6-14-22(26-16)24-29-19-9-3-4-10-20(19)30-24/h1-14H,(H,27,28)(H,29,30). The van der Waals surface area contributed by atoms with E-state index >= 15 is 0 Å². The second-order valence-corrected chi connectivity index (χ2v) is 7.02. The van der Waals surface area contributed by atoms with E-state index in [0.29, 0.717) is 0 Å². The fourth-order valence-corrected chi connectivity index (χ4v) is 3.57. The average Bonchev–Trinajstić information content (AvgIpc) is 3.44. The van der Waals surface area contributed by atoms with Gasteiger partial charge >= 0.3 is 0 Å². The SMILES string of the molecule is c1cc(-c2cccc(-c3nc4ccccc4[nH]3)n2)nc(-c2nc3ccccc3[nH]2)c1. The van der Waals surface area contributed by atoms with Crippen LogP contribution >= 0.6 is 0 Å². The first-order valence-electron chi connectivity index (χ1n) is 9.68. The third kappa shape index (κ3) is 2.82. The largest absolute Gasteiger partial charge is 0.337 e. The maximum absolute atomic E-state index is 4.80. The molecule has 0 saturated carbocycles. The number of aromatic amines is 2. The normalized spacial score (nSPS) is 11.3. The number of fused-ring (bicyclic) bond motifs is 2. The van der Waals surface area contributed by atoms with E-state index in [2.05, 4.69) is 19.9 Å². The predicted octanol–water partition coefficient (Wildman–Crippen LogP) is 5.23. The van der Waals surface area contributed by atoms with E-state index in [-0.39, 0.29) is 0 Å². The third-order valence-corrected chi connectivity index (χ3v) is 5.02. The molecule has 4 aromatic heterocycles. The van der Waals surface area contributed by atoms with Crippen LogP contribution in [0.25, 0.3) is 56.5 Å². The Morgan fingerprint density at radius 3 is 1.30 bits per heavy atom. The Kier molecular flexibility index (Phi) is 3.67. The summed E-state index contributed by atoms with van der Waals surface area (Å²) in [6.45, 7) is 0. The maximum Gasteiger partial charge on any atom is 0.157 e. The summed E-state index contributed by atoms with van der Waals surface area (Å²) in [5, 5.41) is 0. The van der Waals surface area contributed by atoms with Gasteiger partial charge in [-0.15, -0.1) is 0 Å².